The third kappa shape index (κ3) is 4.12. The fourth-order valence-electron chi connectivity index (χ4n) is 3.34. The summed E-state index contributed by atoms with van der Waals surface area (Å²) in [5, 5.41) is 0. The number of rotatable bonds is 5. The summed E-state index contributed by atoms with van der Waals surface area (Å²) >= 11 is 1.59. The Morgan fingerprint density at radius 1 is 1.23 bits per heavy atom. The van der Waals surface area contributed by atoms with Gasteiger partial charge in [-0.1, -0.05) is 12.1 Å². The minimum Gasteiger partial charge on any atom is -0.366 e. The zero-order chi connectivity index (χ0) is 21.1. The molecule has 4 rings (SSSR count). The monoisotopic (exact) mass is 423 g/mol. The van der Waals surface area contributed by atoms with Crippen molar-refractivity contribution < 1.29 is 9.53 Å². The summed E-state index contributed by atoms with van der Waals surface area (Å²) in [6, 6.07) is 10.7. The molecular formula is C21H21N5O3S. The second-order valence-corrected chi connectivity index (χ2v) is 7.71. The van der Waals surface area contributed by atoms with E-state index >= 15 is 0 Å². The molecule has 3 aromatic rings. The normalized spacial score (nSPS) is 16.5. The van der Waals surface area contributed by atoms with Gasteiger partial charge in [-0.15, -0.1) is 11.8 Å². The highest BCUT2D eigenvalue weighted by Crippen LogP contribution is 2.22. The number of ether oxygens (including phenoxy) is 1. The van der Waals surface area contributed by atoms with Gasteiger partial charge in [-0.25, -0.2) is 15.0 Å². The SMILES string of the molecule is CSc1cccc(C(=O)C2CN(c3nc(-c4ccncn4)cc(=O)n3C)CCO2)c1. The number of morpholine rings is 1. The van der Waals surface area contributed by atoms with E-state index in [2.05, 4.69) is 15.0 Å². The number of carbonyl (C=O) groups excluding carboxylic acids is 1. The Hall–Kier alpha value is -3.04. The van der Waals surface area contributed by atoms with Crippen molar-refractivity contribution in [3.8, 4) is 11.4 Å². The summed E-state index contributed by atoms with van der Waals surface area (Å²) in [4.78, 5) is 41.2. The van der Waals surface area contributed by atoms with Crippen molar-refractivity contribution in [3.63, 3.8) is 0 Å². The fraction of sp³-hybridized carbons (Fsp3) is 0.286. The molecule has 0 bridgehead atoms. The lowest BCUT2D eigenvalue weighted by Crippen LogP contribution is -2.48. The van der Waals surface area contributed by atoms with Crippen LogP contribution in [0.25, 0.3) is 11.4 Å². The van der Waals surface area contributed by atoms with Crippen LogP contribution in [0.5, 0.6) is 0 Å². The van der Waals surface area contributed by atoms with Gasteiger partial charge in [-0.2, -0.15) is 0 Å². The van der Waals surface area contributed by atoms with Gasteiger partial charge >= 0.3 is 0 Å². The van der Waals surface area contributed by atoms with Crippen molar-refractivity contribution in [2.24, 2.45) is 7.05 Å². The molecule has 1 fully saturated rings. The fourth-order valence-corrected chi connectivity index (χ4v) is 3.79. The molecule has 3 heterocycles. The molecule has 8 nitrogen and oxygen atoms in total. The molecule has 0 N–H and O–H groups in total. The zero-order valence-corrected chi connectivity index (χ0v) is 17.5. The highest BCUT2D eigenvalue weighted by atomic mass is 32.2. The van der Waals surface area contributed by atoms with E-state index < -0.39 is 6.10 Å². The minimum absolute atomic E-state index is 0.0763. The van der Waals surface area contributed by atoms with Crippen molar-refractivity contribution in [2.75, 3.05) is 30.9 Å². The molecular weight excluding hydrogens is 402 g/mol. The maximum absolute atomic E-state index is 13.0. The van der Waals surface area contributed by atoms with Crippen LogP contribution in [-0.4, -0.2) is 57.4 Å². The summed E-state index contributed by atoms with van der Waals surface area (Å²) in [7, 11) is 1.67. The van der Waals surface area contributed by atoms with Gasteiger partial charge in [0.15, 0.2) is 5.78 Å². The van der Waals surface area contributed by atoms with Crippen LogP contribution in [0.1, 0.15) is 10.4 Å². The van der Waals surface area contributed by atoms with Crippen LogP contribution in [0.2, 0.25) is 0 Å². The summed E-state index contributed by atoms with van der Waals surface area (Å²) in [5.41, 5.74) is 1.46. The Morgan fingerprint density at radius 3 is 2.87 bits per heavy atom. The lowest BCUT2D eigenvalue weighted by molar-refractivity contribution is 0.0336. The summed E-state index contributed by atoms with van der Waals surface area (Å²) in [6.07, 6.45) is 4.36. The van der Waals surface area contributed by atoms with E-state index in [1.165, 1.54) is 17.0 Å². The Balaban J connectivity index is 1.62. The van der Waals surface area contributed by atoms with E-state index in [0.717, 1.165) is 4.90 Å². The van der Waals surface area contributed by atoms with Crippen LogP contribution in [-0.2, 0) is 11.8 Å². The summed E-state index contributed by atoms with van der Waals surface area (Å²) in [6.45, 7) is 1.21. The molecule has 1 atom stereocenters. The summed E-state index contributed by atoms with van der Waals surface area (Å²) in [5.74, 6) is 0.405. The van der Waals surface area contributed by atoms with E-state index in [4.69, 9.17) is 4.74 Å². The van der Waals surface area contributed by atoms with Crippen LogP contribution in [0.4, 0.5) is 5.95 Å². The Morgan fingerprint density at radius 2 is 2.10 bits per heavy atom. The second-order valence-electron chi connectivity index (χ2n) is 6.83. The van der Waals surface area contributed by atoms with Gasteiger partial charge in [0, 0.05) is 36.3 Å². The molecule has 30 heavy (non-hydrogen) atoms. The molecule has 154 valence electrons. The maximum atomic E-state index is 13.0. The van der Waals surface area contributed by atoms with Crippen molar-refractivity contribution in [2.45, 2.75) is 11.0 Å². The van der Waals surface area contributed by atoms with E-state index in [0.29, 0.717) is 42.6 Å². The highest BCUT2D eigenvalue weighted by Gasteiger charge is 2.29. The van der Waals surface area contributed by atoms with Crippen LogP contribution >= 0.6 is 11.8 Å². The van der Waals surface area contributed by atoms with Crippen LogP contribution in [0.15, 0.2) is 58.6 Å². The number of anilines is 1. The Labute approximate surface area is 178 Å². The number of benzene rings is 1. The molecule has 1 aliphatic heterocycles. The summed E-state index contributed by atoms with van der Waals surface area (Å²) < 4.78 is 7.25. The number of hydrogen-bond acceptors (Lipinski definition) is 8. The van der Waals surface area contributed by atoms with Gasteiger partial charge in [0.1, 0.15) is 12.4 Å². The largest absolute Gasteiger partial charge is 0.366 e. The lowest BCUT2D eigenvalue weighted by atomic mass is 10.1. The quantitative estimate of drug-likeness (QED) is 0.455. The van der Waals surface area contributed by atoms with E-state index in [1.807, 2.05) is 29.4 Å². The molecule has 0 radical (unpaired) electrons. The molecule has 0 saturated carbocycles. The van der Waals surface area contributed by atoms with Crippen molar-refractivity contribution in [1.82, 2.24) is 19.5 Å². The zero-order valence-electron chi connectivity index (χ0n) is 16.7. The van der Waals surface area contributed by atoms with Gasteiger partial charge in [0.2, 0.25) is 5.95 Å². The first-order valence-corrected chi connectivity index (χ1v) is 10.7. The predicted octanol–water partition coefficient (Wildman–Crippen LogP) is 2.05. The molecule has 0 aliphatic carbocycles. The van der Waals surface area contributed by atoms with E-state index in [1.54, 1.807) is 37.1 Å². The molecule has 1 saturated heterocycles. The van der Waals surface area contributed by atoms with Gasteiger partial charge < -0.3 is 9.64 Å². The van der Waals surface area contributed by atoms with Crippen LogP contribution in [0, 0.1) is 0 Å². The maximum Gasteiger partial charge on any atom is 0.255 e. The molecule has 0 spiro atoms. The predicted molar refractivity (Wildman–Crippen MR) is 115 cm³/mol. The lowest BCUT2D eigenvalue weighted by Gasteiger charge is -2.33. The second kappa shape index (κ2) is 8.76. The third-order valence-corrected chi connectivity index (χ3v) is 5.68. The number of thioether (sulfide) groups is 1. The number of aromatic nitrogens is 4. The number of Topliss-reactive ketones (excluding diaryl/α,β-unsaturated/α-hetero) is 1. The first kappa shape index (κ1) is 20.2. The van der Waals surface area contributed by atoms with Gasteiger partial charge in [-0.3, -0.25) is 14.2 Å². The van der Waals surface area contributed by atoms with Gasteiger partial charge in [0.05, 0.1) is 24.5 Å². The molecule has 0 amide bonds. The minimum atomic E-state index is -0.629. The molecule has 2 aromatic heterocycles. The molecule has 1 unspecified atom stereocenters. The van der Waals surface area contributed by atoms with E-state index in [9.17, 15) is 9.59 Å². The van der Waals surface area contributed by atoms with Crippen molar-refractivity contribution >= 4 is 23.5 Å². The first-order chi connectivity index (χ1) is 14.6. The standard InChI is InChI=1S/C21H21N5O3S/c1-25-19(27)11-17(16-6-7-22-13-23-16)24-21(25)26-8-9-29-18(12-26)20(28)14-4-3-5-15(10-14)30-2/h3-7,10-11,13,18H,8-9,12H2,1-2H3. The third-order valence-electron chi connectivity index (χ3n) is 4.95. The highest BCUT2D eigenvalue weighted by molar-refractivity contribution is 7.98. The van der Waals surface area contributed by atoms with Gasteiger partial charge in [0.25, 0.3) is 5.56 Å². The van der Waals surface area contributed by atoms with Crippen molar-refractivity contribution in [1.29, 1.82) is 0 Å². The number of nitrogens with zero attached hydrogens (tertiary/aromatic N) is 5. The Kier molecular flexibility index (Phi) is 5.91. The van der Waals surface area contributed by atoms with Crippen LogP contribution < -0.4 is 10.5 Å². The molecule has 9 heteroatoms. The Bertz CT molecular complexity index is 1120. The number of ketones is 1. The molecule has 1 aromatic carbocycles. The number of hydrogen-bond donors (Lipinski definition) is 0. The van der Waals surface area contributed by atoms with Crippen LogP contribution in [0.3, 0.4) is 0 Å². The molecule has 1 aliphatic rings. The van der Waals surface area contributed by atoms with Crippen molar-refractivity contribution in [3.05, 3.63) is 64.8 Å². The number of carbonyl (C=O) groups is 1. The van der Waals surface area contributed by atoms with Gasteiger partial charge in [-0.05, 0) is 24.5 Å². The first-order valence-electron chi connectivity index (χ1n) is 9.46. The average molecular weight is 423 g/mol. The average Bonchev–Trinajstić information content (AvgIpc) is 2.81. The van der Waals surface area contributed by atoms with E-state index in [-0.39, 0.29) is 11.3 Å². The topological polar surface area (TPSA) is 90.2 Å². The smallest absolute Gasteiger partial charge is 0.255 e.